The Balaban J connectivity index is 2.02. The topological polar surface area (TPSA) is 75.6 Å². The van der Waals surface area contributed by atoms with Gasteiger partial charge >= 0.3 is 5.97 Å². The van der Waals surface area contributed by atoms with Crippen LogP contribution in [-0.2, 0) is 0 Å². The zero-order valence-electron chi connectivity index (χ0n) is 14.6. The molecule has 2 N–H and O–H groups in total. The minimum absolute atomic E-state index is 0.0301. The lowest BCUT2D eigenvalue weighted by atomic mass is 10.1. The van der Waals surface area contributed by atoms with Gasteiger partial charge in [0.05, 0.1) is 30.4 Å². The van der Waals surface area contributed by atoms with Crippen LogP contribution in [0.5, 0.6) is 5.75 Å². The van der Waals surface area contributed by atoms with Crippen LogP contribution in [0.3, 0.4) is 0 Å². The van der Waals surface area contributed by atoms with Crippen molar-refractivity contribution in [1.29, 1.82) is 0 Å². The van der Waals surface area contributed by atoms with E-state index in [4.69, 9.17) is 4.74 Å². The summed E-state index contributed by atoms with van der Waals surface area (Å²) in [5.74, 6) is -1.43. The van der Waals surface area contributed by atoms with Crippen molar-refractivity contribution in [2.45, 2.75) is 0 Å². The number of carbonyl (C=O) groups is 2. The van der Waals surface area contributed by atoms with Crippen molar-refractivity contribution >= 4 is 96.7 Å². The summed E-state index contributed by atoms with van der Waals surface area (Å²) in [6.45, 7) is 0. The van der Waals surface area contributed by atoms with Gasteiger partial charge in [0, 0.05) is 8.95 Å². The van der Waals surface area contributed by atoms with Crippen LogP contribution in [0.1, 0.15) is 20.7 Å². The first-order valence-electron chi connectivity index (χ1n) is 7.88. The number of benzene rings is 2. The second-order valence-electron chi connectivity index (χ2n) is 5.68. The molecule has 5 nitrogen and oxygen atoms in total. The van der Waals surface area contributed by atoms with Gasteiger partial charge in [-0.3, -0.25) is 4.79 Å². The third-order valence-corrected chi connectivity index (χ3v) is 7.63. The van der Waals surface area contributed by atoms with Crippen molar-refractivity contribution in [3.63, 3.8) is 0 Å². The van der Waals surface area contributed by atoms with Crippen LogP contribution in [-0.4, -0.2) is 24.1 Å². The fourth-order valence-corrected chi connectivity index (χ4v) is 7.93. The van der Waals surface area contributed by atoms with E-state index in [9.17, 15) is 19.1 Å². The number of ether oxygens (including phenoxy) is 1. The molecule has 0 aliphatic carbocycles. The minimum Gasteiger partial charge on any atom is -0.495 e. The fraction of sp³-hybridized carbons (Fsp3) is 0.0526. The van der Waals surface area contributed by atoms with Crippen LogP contribution in [0.2, 0.25) is 0 Å². The van der Waals surface area contributed by atoms with E-state index >= 15 is 0 Å². The lowest BCUT2D eigenvalue weighted by Crippen LogP contribution is -2.17. The van der Waals surface area contributed by atoms with Gasteiger partial charge in [-0.15, -0.1) is 11.3 Å². The summed E-state index contributed by atoms with van der Waals surface area (Å²) in [5, 5.41) is 14.0. The highest BCUT2D eigenvalue weighted by atomic mass is 127. The van der Waals surface area contributed by atoms with Gasteiger partial charge in [0.1, 0.15) is 17.1 Å². The van der Waals surface area contributed by atoms with Crippen molar-refractivity contribution in [1.82, 2.24) is 0 Å². The Kier molecular flexibility index (Phi) is 7.37. The molecule has 0 aliphatic heterocycles. The van der Waals surface area contributed by atoms with Gasteiger partial charge in [-0.2, -0.15) is 0 Å². The fourth-order valence-electron chi connectivity index (χ4n) is 2.63. The molecule has 3 rings (SSSR count). The number of rotatable bonds is 5. The molecule has 1 amide bonds. The number of amides is 1. The molecule has 0 aliphatic rings. The summed E-state index contributed by atoms with van der Waals surface area (Å²) in [6.07, 6.45) is 0. The quantitative estimate of drug-likeness (QED) is 0.300. The number of aromatic carboxylic acids is 1. The lowest BCUT2D eigenvalue weighted by molar-refractivity contribution is 0.0699. The predicted octanol–water partition coefficient (Wildman–Crippen LogP) is 6.33. The molecule has 0 radical (unpaired) electrons. The van der Waals surface area contributed by atoms with Crippen LogP contribution < -0.4 is 10.1 Å². The Morgan fingerprint density at radius 3 is 2.34 bits per heavy atom. The Hall–Kier alpha value is -1.00. The van der Waals surface area contributed by atoms with Gasteiger partial charge in [-0.25, -0.2) is 9.18 Å². The zero-order chi connectivity index (χ0) is 21.3. The van der Waals surface area contributed by atoms with Crippen LogP contribution in [0.15, 0.2) is 35.7 Å². The van der Waals surface area contributed by atoms with Gasteiger partial charge in [0.2, 0.25) is 0 Å². The molecule has 3 aromatic rings. The molecule has 0 bridgehead atoms. The van der Waals surface area contributed by atoms with E-state index in [0.29, 0.717) is 25.3 Å². The molecular weight excluding hydrogens is 738 g/mol. The van der Waals surface area contributed by atoms with Crippen LogP contribution >= 0.6 is 79.1 Å². The summed E-state index contributed by atoms with van der Waals surface area (Å²) in [6, 6.07) is 7.37. The van der Waals surface area contributed by atoms with Gasteiger partial charge in [0.15, 0.2) is 0 Å². The summed E-state index contributed by atoms with van der Waals surface area (Å²) in [4.78, 5) is 25.3. The SMILES string of the molecule is COc1c(I)cc(I)c(C(=O)Nc2csc(-c3ccc(F)cc3)c2C(=O)O)c1I. The molecule has 0 fully saturated rings. The highest BCUT2D eigenvalue weighted by molar-refractivity contribution is 14.1. The second kappa shape index (κ2) is 9.43. The molecule has 0 spiro atoms. The molecule has 150 valence electrons. The number of methoxy groups -OCH3 is 1. The molecule has 0 unspecified atom stereocenters. The molecule has 10 heteroatoms. The molecule has 1 aromatic heterocycles. The number of hydrogen-bond acceptors (Lipinski definition) is 4. The van der Waals surface area contributed by atoms with Crippen molar-refractivity contribution in [2.24, 2.45) is 0 Å². The maximum Gasteiger partial charge on any atom is 0.339 e. The first-order chi connectivity index (χ1) is 13.7. The number of hydrogen-bond donors (Lipinski definition) is 2. The predicted molar refractivity (Wildman–Crippen MR) is 136 cm³/mol. The Morgan fingerprint density at radius 1 is 1.10 bits per heavy atom. The van der Waals surface area contributed by atoms with Gasteiger partial charge in [-0.05, 0) is 91.5 Å². The van der Waals surface area contributed by atoms with E-state index in [1.54, 1.807) is 5.38 Å². The minimum atomic E-state index is -1.18. The van der Waals surface area contributed by atoms with Crippen molar-refractivity contribution in [2.75, 3.05) is 12.4 Å². The number of carboxylic acids is 1. The summed E-state index contributed by atoms with van der Waals surface area (Å²) in [5.41, 5.74) is 1.14. The highest BCUT2D eigenvalue weighted by Gasteiger charge is 2.25. The summed E-state index contributed by atoms with van der Waals surface area (Å²) < 4.78 is 20.8. The number of anilines is 1. The lowest BCUT2D eigenvalue weighted by Gasteiger charge is -2.13. The largest absolute Gasteiger partial charge is 0.495 e. The zero-order valence-corrected chi connectivity index (χ0v) is 21.8. The second-order valence-corrected chi connectivity index (χ2v) is 9.96. The van der Waals surface area contributed by atoms with Gasteiger partial charge < -0.3 is 15.2 Å². The van der Waals surface area contributed by atoms with E-state index in [2.05, 4.69) is 50.5 Å². The molecule has 29 heavy (non-hydrogen) atoms. The summed E-state index contributed by atoms with van der Waals surface area (Å²) in [7, 11) is 1.53. The maximum absolute atomic E-state index is 13.2. The van der Waals surface area contributed by atoms with Crippen molar-refractivity contribution < 1.29 is 23.8 Å². The average molecular weight is 749 g/mol. The smallest absolute Gasteiger partial charge is 0.339 e. The Bertz CT molecular complexity index is 1120. The first kappa shape index (κ1) is 22.7. The average Bonchev–Trinajstić information content (AvgIpc) is 3.06. The third kappa shape index (κ3) is 4.69. The van der Waals surface area contributed by atoms with Crippen molar-refractivity contribution in [3.8, 4) is 16.2 Å². The summed E-state index contributed by atoms with van der Waals surface area (Å²) >= 11 is 7.42. The van der Waals surface area contributed by atoms with E-state index < -0.39 is 17.7 Å². The normalized spacial score (nSPS) is 10.7. The highest BCUT2D eigenvalue weighted by Crippen LogP contribution is 2.38. The van der Waals surface area contributed by atoms with E-state index in [-0.39, 0.29) is 11.3 Å². The molecule has 0 atom stereocenters. The molecule has 0 saturated heterocycles. The van der Waals surface area contributed by atoms with Gasteiger partial charge in [-0.1, -0.05) is 12.1 Å². The maximum atomic E-state index is 13.2. The molecular formula is C19H11FI3NO4S. The van der Waals surface area contributed by atoms with Gasteiger partial charge in [0.25, 0.3) is 5.91 Å². The van der Waals surface area contributed by atoms with Crippen molar-refractivity contribution in [3.05, 3.63) is 63.4 Å². The van der Waals surface area contributed by atoms with E-state index in [1.165, 1.54) is 42.7 Å². The molecule has 2 aromatic carbocycles. The van der Waals surface area contributed by atoms with Crippen LogP contribution in [0, 0.1) is 16.5 Å². The number of carbonyl (C=O) groups excluding carboxylic acids is 1. The standard InChI is InChI=1S/C19H11FI3NO4S/c1-28-16-11(22)6-10(21)13(15(16)23)18(25)24-12-7-29-17(14(12)19(26)27)8-2-4-9(20)5-3-8/h2-7H,1H3,(H,24,25)(H,26,27). The van der Waals surface area contributed by atoms with E-state index in [0.717, 1.165) is 7.14 Å². The van der Waals surface area contributed by atoms with Crippen LogP contribution in [0.25, 0.3) is 10.4 Å². The molecule has 0 saturated carbocycles. The third-order valence-electron chi connectivity index (χ3n) is 3.92. The number of carboxylic acid groups (broad SMARTS) is 1. The molecule has 1 heterocycles. The number of nitrogens with one attached hydrogen (secondary N) is 1. The number of thiophene rings is 1. The first-order valence-corrected chi connectivity index (χ1v) is 12.0. The van der Waals surface area contributed by atoms with Crippen LogP contribution in [0.4, 0.5) is 10.1 Å². The number of halogens is 4. The Labute approximate surface area is 210 Å². The monoisotopic (exact) mass is 749 g/mol. The van der Waals surface area contributed by atoms with E-state index in [1.807, 2.05) is 28.7 Å². The Morgan fingerprint density at radius 2 is 1.76 bits per heavy atom.